The first-order valence-electron chi connectivity index (χ1n) is 5.14. The highest BCUT2D eigenvalue weighted by molar-refractivity contribution is 7.13. The molecule has 0 fully saturated rings. The van der Waals surface area contributed by atoms with Crippen molar-refractivity contribution in [2.24, 2.45) is 0 Å². The van der Waals surface area contributed by atoms with Crippen LogP contribution in [0.2, 0.25) is 0 Å². The van der Waals surface area contributed by atoms with Gasteiger partial charge in [-0.1, -0.05) is 0 Å². The van der Waals surface area contributed by atoms with Crippen molar-refractivity contribution in [2.75, 3.05) is 38.8 Å². The van der Waals surface area contributed by atoms with Crippen molar-refractivity contribution in [1.82, 2.24) is 10.3 Å². The number of aromatic nitrogens is 1. The van der Waals surface area contributed by atoms with Crippen LogP contribution in [0.25, 0.3) is 0 Å². The van der Waals surface area contributed by atoms with Crippen molar-refractivity contribution in [2.45, 2.75) is 13.5 Å². The van der Waals surface area contributed by atoms with Gasteiger partial charge in [0.2, 0.25) is 0 Å². The van der Waals surface area contributed by atoms with Gasteiger partial charge in [0.05, 0.1) is 12.3 Å². The van der Waals surface area contributed by atoms with Gasteiger partial charge in [-0.25, -0.2) is 4.98 Å². The predicted molar refractivity (Wildman–Crippen MR) is 64.6 cm³/mol. The number of ether oxygens (including phenoxy) is 1. The van der Waals surface area contributed by atoms with Crippen molar-refractivity contribution >= 4 is 16.5 Å². The third-order valence-electron chi connectivity index (χ3n) is 2.12. The van der Waals surface area contributed by atoms with E-state index >= 15 is 0 Å². The molecule has 5 heteroatoms. The molecule has 0 atom stereocenters. The number of anilines is 1. The number of nitrogens with one attached hydrogen (secondary N) is 1. The lowest BCUT2D eigenvalue weighted by molar-refractivity contribution is 0.205. The maximum atomic E-state index is 5.07. The number of rotatable bonds is 7. The van der Waals surface area contributed by atoms with Crippen LogP contribution in [0, 0.1) is 0 Å². The smallest absolute Gasteiger partial charge is 0.185 e. The molecular formula is C10H19N3OS. The predicted octanol–water partition coefficient (Wildman–Crippen LogP) is 1.34. The van der Waals surface area contributed by atoms with Crippen LogP contribution >= 0.6 is 11.3 Å². The van der Waals surface area contributed by atoms with E-state index in [9.17, 15) is 0 Å². The van der Waals surface area contributed by atoms with Crippen molar-refractivity contribution in [3.63, 3.8) is 0 Å². The Balaban J connectivity index is 2.57. The largest absolute Gasteiger partial charge is 0.383 e. The first-order chi connectivity index (χ1) is 7.31. The zero-order valence-corrected chi connectivity index (χ0v) is 10.4. The summed E-state index contributed by atoms with van der Waals surface area (Å²) in [4.78, 5) is 6.78. The first-order valence-corrected chi connectivity index (χ1v) is 6.02. The molecule has 0 saturated carbocycles. The average Bonchev–Trinajstić information content (AvgIpc) is 2.68. The number of likely N-dealkylation sites (N-methyl/N-ethyl adjacent to an activating group) is 1. The molecule has 0 radical (unpaired) electrons. The quantitative estimate of drug-likeness (QED) is 0.765. The average molecular weight is 229 g/mol. The van der Waals surface area contributed by atoms with E-state index in [2.05, 4.69) is 27.5 Å². The zero-order chi connectivity index (χ0) is 11.1. The van der Waals surface area contributed by atoms with E-state index in [1.165, 1.54) is 0 Å². The van der Waals surface area contributed by atoms with Gasteiger partial charge in [-0.2, -0.15) is 0 Å². The van der Waals surface area contributed by atoms with Gasteiger partial charge in [0.25, 0.3) is 0 Å². The molecule has 0 aliphatic heterocycles. The second kappa shape index (κ2) is 6.76. The highest BCUT2D eigenvalue weighted by atomic mass is 32.1. The molecule has 1 aromatic heterocycles. The fourth-order valence-corrected chi connectivity index (χ4v) is 2.21. The minimum absolute atomic E-state index is 0.745. The molecule has 1 heterocycles. The highest BCUT2D eigenvalue weighted by Gasteiger charge is 2.08. The topological polar surface area (TPSA) is 37.4 Å². The van der Waals surface area contributed by atoms with Crippen LogP contribution in [0.4, 0.5) is 5.13 Å². The van der Waals surface area contributed by atoms with Gasteiger partial charge in [-0.15, -0.1) is 11.3 Å². The summed E-state index contributed by atoms with van der Waals surface area (Å²) < 4.78 is 5.07. The minimum Gasteiger partial charge on any atom is -0.383 e. The van der Waals surface area contributed by atoms with Crippen LogP contribution < -0.4 is 10.2 Å². The van der Waals surface area contributed by atoms with Gasteiger partial charge in [-0.05, 0) is 14.0 Å². The van der Waals surface area contributed by atoms with E-state index in [1.807, 2.05) is 7.05 Å². The zero-order valence-electron chi connectivity index (χ0n) is 9.62. The van der Waals surface area contributed by atoms with Gasteiger partial charge >= 0.3 is 0 Å². The maximum Gasteiger partial charge on any atom is 0.185 e. The summed E-state index contributed by atoms with van der Waals surface area (Å²) >= 11 is 1.69. The minimum atomic E-state index is 0.745. The lowest BCUT2D eigenvalue weighted by atomic mass is 10.5. The van der Waals surface area contributed by atoms with Gasteiger partial charge in [-0.3, -0.25) is 0 Å². The fourth-order valence-electron chi connectivity index (χ4n) is 1.29. The lowest BCUT2D eigenvalue weighted by Crippen LogP contribution is -2.26. The molecule has 0 aliphatic rings. The van der Waals surface area contributed by atoms with E-state index in [0.717, 1.165) is 37.1 Å². The number of hydrogen-bond donors (Lipinski definition) is 1. The fraction of sp³-hybridized carbons (Fsp3) is 0.700. The number of hydrogen-bond acceptors (Lipinski definition) is 5. The third kappa shape index (κ3) is 3.77. The van der Waals surface area contributed by atoms with Crippen LogP contribution in [0.15, 0.2) is 5.38 Å². The second-order valence-electron chi connectivity index (χ2n) is 3.22. The normalized spacial score (nSPS) is 10.6. The summed E-state index contributed by atoms with van der Waals surface area (Å²) in [7, 11) is 3.66. The molecule has 0 saturated heterocycles. The van der Waals surface area contributed by atoms with Crippen LogP contribution in [-0.2, 0) is 11.3 Å². The first kappa shape index (κ1) is 12.4. The summed E-state index contributed by atoms with van der Waals surface area (Å²) in [6, 6.07) is 0. The molecule has 1 aromatic rings. The lowest BCUT2D eigenvalue weighted by Gasteiger charge is -2.18. The van der Waals surface area contributed by atoms with Crippen molar-refractivity contribution in [3.8, 4) is 0 Å². The number of thiazole rings is 1. The van der Waals surface area contributed by atoms with Crippen LogP contribution in [0.1, 0.15) is 12.6 Å². The molecule has 0 aromatic carbocycles. The Kier molecular flexibility index (Phi) is 5.60. The molecule has 86 valence electrons. The van der Waals surface area contributed by atoms with Crippen LogP contribution in [-0.4, -0.2) is 38.8 Å². The van der Waals surface area contributed by atoms with E-state index < -0.39 is 0 Å². The van der Waals surface area contributed by atoms with Crippen LogP contribution in [0.5, 0.6) is 0 Å². The van der Waals surface area contributed by atoms with E-state index in [4.69, 9.17) is 4.74 Å². The maximum absolute atomic E-state index is 5.07. The highest BCUT2D eigenvalue weighted by Crippen LogP contribution is 2.19. The standard InChI is InChI=1S/C10H19N3OS/c1-4-13(5-6-14-3)10-12-9(7-11-2)8-15-10/h8,11H,4-7H2,1-3H3. The van der Waals surface area contributed by atoms with Gasteiger partial charge in [0.15, 0.2) is 5.13 Å². The summed E-state index contributed by atoms with van der Waals surface area (Å²) in [6.07, 6.45) is 0. The Bertz CT molecular complexity index is 277. The molecule has 1 rings (SSSR count). The number of nitrogens with zero attached hydrogens (tertiary/aromatic N) is 2. The van der Waals surface area contributed by atoms with Gasteiger partial charge in [0, 0.05) is 32.1 Å². The summed E-state index contributed by atoms with van der Waals surface area (Å²) in [6.45, 7) is 5.58. The second-order valence-corrected chi connectivity index (χ2v) is 4.06. The molecule has 0 amide bonds. The monoisotopic (exact) mass is 229 g/mol. The summed E-state index contributed by atoms with van der Waals surface area (Å²) in [5, 5.41) is 6.28. The number of methoxy groups -OCH3 is 1. The molecule has 0 aliphatic carbocycles. The van der Waals surface area contributed by atoms with E-state index in [-0.39, 0.29) is 0 Å². The van der Waals surface area contributed by atoms with Gasteiger partial charge in [0.1, 0.15) is 0 Å². The van der Waals surface area contributed by atoms with Gasteiger partial charge < -0.3 is 15.0 Å². The molecular weight excluding hydrogens is 210 g/mol. The third-order valence-corrected chi connectivity index (χ3v) is 3.07. The van der Waals surface area contributed by atoms with E-state index in [0.29, 0.717) is 0 Å². The Hall–Kier alpha value is -0.650. The van der Waals surface area contributed by atoms with E-state index in [1.54, 1.807) is 18.4 Å². The van der Waals surface area contributed by atoms with Crippen LogP contribution in [0.3, 0.4) is 0 Å². The molecule has 4 nitrogen and oxygen atoms in total. The summed E-state index contributed by atoms with van der Waals surface area (Å²) in [5.74, 6) is 0. The SMILES string of the molecule is CCN(CCOC)c1nc(CNC)cs1. The van der Waals surface area contributed by atoms with Crippen molar-refractivity contribution < 1.29 is 4.74 Å². The molecule has 0 unspecified atom stereocenters. The Labute approximate surface area is 95.3 Å². The molecule has 1 N–H and O–H groups in total. The molecule has 0 spiro atoms. The Morgan fingerprint density at radius 2 is 2.40 bits per heavy atom. The molecule has 0 bridgehead atoms. The Morgan fingerprint density at radius 1 is 1.60 bits per heavy atom. The van der Waals surface area contributed by atoms with Crippen molar-refractivity contribution in [1.29, 1.82) is 0 Å². The molecule has 15 heavy (non-hydrogen) atoms. The Morgan fingerprint density at radius 3 is 3.00 bits per heavy atom. The van der Waals surface area contributed by atoms with Crippen molar-refractivity contribution in [3.05, 3.63) is 11.1 Å². The summed E-state index contributed by atoms with van der Waals surface area (Å²) in [5.41, 5.74) is 1.10.